The van der Waals surface area contributed by atoms with E-state index < -0.39 is 12.1 Å². The molecule has 0 saturated carbocycles. The van der Waals surface area contributed by atoms with Gasteiger partial charge in [-0.05, 0) is 46.5 Å². The van der Waals surface area contributed by atoms with Crippen molar-refractivity contribution in [3.05, 3.63) is 89.5 Å². The maximum atomic E-state index is 12.1. The lowest BCUT2D eigenvalue weighted by Crippen LogP contribution is -2.30. The normalized spacial score (nSPS) is 11.9. The summed E-state index contributed by atoms with van der Waals surface area (Å²) in [6.45, 7) is 0.351. The highest BCUT2D eigenvalue weighted by atomic mass is 16.5. The van der Waals surface area contributed by atoms with Crippen molar-refractivity contribution in [1.82, 2.24) is 5.32 Å². The maximum absolute atomic E-state index is 12.1. The molecule has 0 spiro atoms. The molecule has 0 aromatic heterocycles. The molecule has 0 heterocycles. The lowest BCUT2D eigenvalue weighted by Gasteiger charge is -2.14. The number of fused-ring (bicyclic) bond motifs is 3. The highest BCUT2D eigenvalue weighted by Crippen LogP contribution is 2.44. The number of anilines is 1. The van der Waals surface area contributed by atoms with Crippen LogP contribution in [-0.2, 0) is 14.3 Å². The van der Waals surface area contributed by atoms with Crippen molar-refractivity contribution in [3.8, 4) is 11.1 Å². The van der Waals surface area contributed by atoms with Crippen LogP contribution in [0.3, 0.4) is 0 Å². The number of amides is 2. The quantitative estimate of drug-likeness (QED) is 0.418. The monoisotopic (exact) mass is 460 g/mol. The van der Waals surface area contributed by atoms with E-state index >= 15 is 0 Å². The lowest BCUT2D eigenvalue weighted by molar-refractivity contribution is -0.120. The van der Waals surface area contributed by atoms with Crippen LogP contribution in [0.2, 0.25) is 0 Å². The summed E-state index contributed by atoms with van der Waals surface area (Å²) in [4.78, 5) is 34.9. The van der Waals surface area contributed by atoms with Crippen molar-refractivity contribution >= 4 is 23.7 Å². The number of nitrogens with one attached hydrogen (secondary N) is 2. The number of aromatic carboxylic acids is 1. The summed E-state index contributed by atoms with van der Waals surface area (Å²) in [6, 6.07) is 22.0. The number of ether oxygens (including phenoxy) is 2. The van der Waals surface area contributed by atoms with E-state index in [1.807, 2.05) is 24.3 Å². The summed E-state index contributed by atoms with van der Waals surface area (Å²) in [5.41, 5.74) is 5.21. The van der Waals surface area contributed by atoms with E-state index in [1.165, 1.54) is 24.3 Å². The number of carbonyl (C=O) groups is 3. The summed E-state index contributed by atoms with van der Waals surface area (Å²) >= 11 is 0. The first-order chi connectivity index (χ1) is 16.5. The fourth-order valence-corrected chi connectivity index (χ4v) is 3.93. The Kier molecular flexibility index (Phi) is 7.19. The van der Waals surface area contributed by atoms with E-state index in [-0.39, 0.29) is 43.8 Å². The van der Waals surface area contributed by atoms with Gasteiger partial charge in [0.1, 0.15) is 13.2 Å². The molecule has 0 fully saturated rings. The highest BCUT2D eigenvalue weighted by molar-refractivity contribution is 5.93. The largest absolute Gasteiger partial charge is 0.478 e. The third-order valence-corrected chi connectivity index (χ3v) is 5.51. The van der Waals surface area contributed by atoms with Crippen molar-refractivity contribution in [3.63, 3.8) is 0 Å². The van der Waals surface area contributed by atoms with E-state index in [2.05, 4.69) is 34.9 Å². The number of carbonyl (C=O) groups excluding carboxylic acids is 2. The molecule has 0 bridgehead atoms. The first kappa shape index (κ1) is 23.0. The van der Waals surface area contributed by atoms with Crippen molar-refractivity contribution in [2.75, 3.05) is 31.7 Å². The van der Waals surface area contributed by atoms with Crippen molar-refractivity contribution in [2.45, 2.75) is 5.92 Å². The van der Waals surface area contributed by atoms with Gasteiger partial charge in [-0.15, -0.1) is 0 Å². The third-order valence-electron chi connectivity index (χ3n) is 5.51. The molecule has 8 heteroatoms. The van der Waals surface area contributed by atoms with E-state index in [9.17, 15) is 14.4 Å². The molecule has 0 aliphatic heterocycles. The van der Waals surface area contributed by atoms with Crippen molar-refractivity contribution in [2.24, 2.45) is 0 Å². The molecule has 0 atom stereocenters. The second kappa shape index (κ2) is 10.6. The minimum Gasteiger partial charge on any atom is -0.478 e. The average molecular weight is 460 g/mol. The Morgan fingerprint density at radius 3 is 2.09 bits per heavy atom. The van der Waals surface area contributed by atoms with Crippen LogP contribution in [0.15, 0.2) is 72.8 Å². The number of hydrogen-bond acceptors (Lipinski definition) is 5. The predicted octanol–water partition coefficient (Wildman–Crippen LogP) is 3.88. The van der Waals surface area contributed by atoms with Gasteiger partial charge in [0, 0.05) is 18.2 Å². The minimum absolute atomic E-state index is 0.0114. The number of carboxylic acid groups (broad SMARTS) is 1. The predicted molar refractivity (Wildman–Crippen MR) is 126 cm³/mol. The molecule has 3 N–H and O–H groups in total. The summed E-state index contributed by atoms with van der Waals surface area (Å²) in [5, 5.41) is 14.1. The first-order valence-corrected chi connectivity index (χ1v) is 10.8. The van der Waals surface area contributed by atoms with Crippen LogP contribution in [0, 0.1) is 0 Å². The standard InChI is InChI=1S/C26H24N2O6/c29-24(28-18-11-9-17(10-12-18)25(30)31)16-33-14-13-27-26(32)34-15-23-21-7-3-1-5-19(21)20-6-2-4-8-22(20)23/h1-12,23H,13-16H2,(H,27,32)(H,28,29)(H,30,31). The molecule has 1 aliphatic carbocycles. The van der Waals surface area contributed by atoms with Crippen LogP contribution in [0.1, 0.15) is 27.4 Å². The Balaban J connectivity index is 1.16. The van der Waals surface area contributed by atoms with Gasteiger partial charge in [0.15, 0.2) is 0 Å². The Morgan fingerprint density at radius 2 is 1.47 bits per heavy atom. The van der Waals surface area contributed by atoms with Crippen LogP contribution in [0.5, 0.6) is 0 Å². The molecular weight excluding hydrogens is 436 g/mol. The number of hydrogen-bond donors (Lipinski definition) is 3. The first-order valence-electron chi connectivity index (χ1n) is 10.8. The summed E-state index contributed by atoms with van der Waals surface area (Å²) < 4.78 is 10.7. The molecule has 3 aromatic rings. The van der Waals surface area contributed by atoms with Gasteiger partial charge in [-0.1, -0.05) is 48.5 Å². The van der Waals surface area contributed by atoms with Gasteiger partial charge in [-0.2, -0.15) is 0 Å². The Labute approximate surface area is 196 Å². The summed E-state index contributed by atoms with van der Waals surface area (Å²) in [6.07, 6.45) is -0.548. The average Bonchev–Trinajstić information content (AvgIpc) is 3.16. The molecule has 3 aromatic carbocycles. The second-order valence-corrected chi connectivity index (χ2v) is 7.74. The van der Waals surface area contributed by atoms with E-state index in [1.54, 1.807) is 0 Å². The third kappa shape index (κ3) is 5.41. The fraction of sp³-hybridized carbons (Fsp3) is 0.192. The van der Waals surface area contributed by atoms with Gasteiger partial charge < -0.3 is 25.2 Å². The van der Waals surface area contributed by atoms with E-state index in [4.69, 9.17) is 14.6 Å². The fourth-order valence-electron chi connectivity index (χ4n) is 3.93. The van der Waals surface area contributed by atoms with E-state index in [0.29, 0.717) is 5.69 Å². The van der Waals surface area contributed by atoms with Gasteiger partial charge in [0.25, 0.3) is 0 Å². The van der Waals surface area contributed by atoms with Crippen LogP contribution in [-0.4, -0.2) is 49.4 Å². The van der Waals surface area contributed by atoms with Gasteiger partial charge in [-0.25, -0.2) is 9.59 Å². The SMILES string of the molecule is O=C(COCCNC(=O)OCC1c2ccccc2-c2ccccc21)Nc1ccc(C(=O)O)cc1. The summed E-state index contributed by atoms with van der Waals surface area (Å²) in [5.74, 6) is -1.43. The van der Waals surface area contributed by atoms with Gasteiger partial charge >= 0.3 is 12.1 Å². The smallest absolute Gasteiger partial charge is 0.407 e. The van der Waals surface area contributed by atoms with Gasteiger partial charge in [-0.3, -0.25) is 4.79 Å². The molecule has 4 rings (SSSR count). The van der Waals surface area contributed by atoms with Gasteiger partial charge in [0.05, 0.1) is 12.2 Å². The number of benzene rings is 3. The molecular formula is C26H24N2O6. The topological polar surface area (TPSA) is 114 Å². The number of carboxylic acids is 1. The van der Waals surface area contributed by atoms with Crippen LogP contribution < -0.4 is 10.6 Å². The van der Waals surface area contributed by atoms with Gasteiger partial charge in [0.2, 0.25) is 5.91 Å². The molecule has 174 valence electrons. The zero-order valence-electron chi connectivity index (χ0n) is 18.3. The minimum atomic E-state index is -1.04. The Bertz CT molecular complexity index is 1150. The van der Waals surface area contributed by atoms with Crippen LogP contribution in [0.4, 0.5) is 10.5 Å². The van der Waals surface area contributed by atoms with E-state index in [0.717, 1.165) is 22.3 Å². The van der Waals surface area contributed by atoms with Crippen molar-refractivity contribution < 1.29 is 29.0 Å². The zero-order chi connectivity index (χ0) is 23.9. The Hall–Kier alpha value is -4.17. The highest BCUT2D eigenvalue weighted by Gasteiger charge is 2.28. The maximum Gasteiger partial charge on any atom is 0.407 e. The molecule has 2 amide bonds. The van der Waals surface area contributed by atoms with Crippen molar-refractivity contribution in [1.29, 1.82) is 0 Å². The van der Waals surface area contributed by atoms with Crippen LogP contribution in [0.25, 0.3) is 11.1 Å². The summed E-state index contributed by atoms with van der Waals surface area (Å²) in [7, 11) is 0. The number of alkyl carbamates (subject to hydrolysis) is 1. The zero-order valence-corrected chi connectivity index (χ0v) is 18.3. The molecule has 0 unspecified atom stereocenters. The molecule has 8 nitrogen and oxygen atoms in total. The molecule has 0 saturated heterocycles. The van der Waals surface area contributed by atoms with Crippen LogP contribution >= 0.6 is 0 Å². The molecule has 0 radical (unpaired) electrons. The lowest BCUT2D eigenvalue weighted by atomic mass is 9.98. The molecule has 1 aliphatic rings. The number of rotatable bonds is 9. The molecule has 34 heavy (non-hydrogen) atoms. The Morgan fingerprint density at radius 1 is 0.853 bits per heavy atom. The second-order valence-electron chi connectivity index (χ2n) is 7.74.